The minimum Gasteiger partial charge on any atom is -0.445 e. The molecular weight excluding hydrogens is 684 g/mol. The van der Waals surface area contributed by atoms with Crippen molar-refractivity contribution in [2.45, 2.75) is 129 Å². The second kappa shape index (κ2) is 17.3. The summed E-state index contributed by atoms with van der Waals surface area (Å²) in [5, 5.41) is 28.0. The van der Waals surface area contributed by atoms with E-state index >= 15 is 0 Å². The number of fused-ring (bicyclic) bond motifs is 5. The van der Waals surface area contributed by atoms with Crippen LogP contribution in [0.15, 0.2) is 29.2 Å². The number of hydrogen-bond acceptors (Lipinski definition) is 7. The molecule has 0 aromatic carbocycles. The summed E-state index contributed by atoms with van der Waals surface area (Å²) in [5.74, 6) is 3.61. The molecule has 1 aliphatic heterocycles. The number of aliphatic hydroxyl groups is 2. The van der Waals surface area contributed by atoms with E-state index in [0.29, 0.717) is 86.2 Å². The first-order valence-electron chi connectivity index (χ1n) is 21.0. The van der Waals surface area contributed by atoms with Crippen molar-refractivity contribution in [3.05, 3.63) is 30.5 Å². The fourth-order valence-corrected chi connectivity index (χ4v) is 11.9. The summed E-state index contributed by atoms with van der Waals surface area (Å²) in [6.45, 7) is 12.7. The highest BCUT2D eigenvalue weighted by Crippen LogP contribution is 2.68. The predicted molar refractivity (Wildman–Crippen MR) is 207 cm³/mol. The Labute approximate surface area is 322 Å². The molecule has 5 fully saturated rings. The molecule has 4 N–H and O–H groups in total. The minimum atomic E-state index is -0.265. The standard InChI is InChI=1S/C43H66N4O7/c1-5-38(52)46-23-24-47(39(53)27-46)40-16-11-31(54-40)10-15-37(51)45-22-8-6-7-21-44-36(50)14-9-28(2)32-12-13-33-41-34(18-20-43(32,33)4)42(3)19-17-30(48)25-29(42)26-35(41)49/h5,11,16,28-30,32-35,41,48-49H,1,6-10,12-15,17-27H2,2-4H3,(H,44,50)(H,45,51)/t28-,29?,30-,32-,33+,34+,35-,41+,42+,43-/m1/s1. The Morgan fingerprint density at radius 3 is 2.37 bits per heavy atom. The van der Waals surface area contributed by atoms with E-state index < -0.39 is 0 Å². The van der Waals surface area contributed by atoms with E-state index in [-0.39, 0.29) is 59.6 Å². The van der Waals surface area contributed by atoms with Crippen molar-refractivity contribution in [3.63, 3.8) is 0 Å². The number of unbranched alkanes of at least 4 members (excludes halogenated alkanes) is 2. The Morgan fingerprint density at radius 1 is 0.944 bits per heavy atom. The molecule has 5 aliphatic rings. The zero-order chi connectivity index (χ0) is 38.6. The fourth-order valence-electron chi connectivity index (χ4n) is 11.9. The molecule has 6 rings (SSSR count). The summed E-state index contributed by atoms with van der Waals surface area (Å²) in [6.07, 6.45) is 14.0. The van der Waals surface area contributed by atoms with Crippen molar-refractivity contribution in [1.82, 2.24) is 15.5 Å². The first-order chi connectivity index (χ1) is 25.8. The van der Waals surface area contributed by atoms with Crippen LogP contribution in [0, 0.1) is 46.3 Å². The highest BCUT2D eigenvalue weighted by atomic mass is 16.4. The summed E-state index contributed by atoms with van der Waals surface area (Å²) in [6, 6.07) is 3.51. The van der Waals surface area contributed by atoms with Gasteiger partial charge in [-0.2, -0.15) is 0 Å². The SMILES string of the molecule is C=CC(=O)N1CCN(c2ccc(CCC(=O)NCCCCCNC(=O)CC[C@@H](C)[C@H]3CC[C@H]4[C@@H]5[C@H](O)CC6C[C@H](O)CC[C@]6(C)[C@H]5CC[C@]34C)o2)C(=O)C1. The molecule has 0 bridgehead atoms. The smallest absolute Gasteiger partial charge is 0.248 e. The van der Waals surface area contributed by atoms with E-state index in [1.165, 1.54) is 41.6 Å². The maximum absolute atomic E-state index is 12.8. The molecule has 11 nitrogen and oxygen atoms in total. The number of furan rings is 1. The summed E-state index contributed by atoms with van der Waals surface area (Å²) in [5.41, 5.74) is 0.466. The molecule has 54 heavy (non-hydrogen) atoms. The number of piperazine rings is 1. The van der Waals surface area contributed by atoms with E-state index in [0.717, 1.165) is 51.4 Å². The van der Waals surface area contributed by atoms with E-state index in [4.69, 9.17) is 4.42 Å². The monoisotopic (exact) mass is 750 g/mol. The molecule has 1 aromatic rings. The van der Waals surface area contributed by atoms with Crippen LogP contribution in [-0.4, -0.2) is 83.7 Å². The van der Waals surface area contributed by atoms with Gasteiger partial charge in [-0.3, -0.25) is 24.1 Å². The van der Waals surface area contributed by atoms with Gasteiger partial charge in [0.2, 0.25) is 29.5 Å². The van der Waals surface area contributed by atoms with Gasteiger partial charge in [-0.25, -0.2) is 0 Å². The lowest BCUT2D eigenvalue weighted by molar-refractivity contribution is -0.174. The summed E-state index contributed by atoms with van der Waals surface area (Å²) >= 11 is 0. The number of carbonyl (C=O) groups excluding carboxylic acids is 4. The number of aryl methyl sites for hydroxylation is 1. The van der Waals surface area contributed by atoms with Crippen molar-refractivity contribution in [1.29, 1.82) is 0 Å². The Kier molecular flexibility index (Phi) is 13.0. The number of carbonyl (C=O) groups is 4. The van der Waals surface area contributed by atoms with Gasteiger partial charge in [0.15, 0.2) is 0 Å². The lowest BCUT2D eigenvalue weighted by Gasteiger charge is -2.62. The Hall–Kier alpha value is -3.18. The Balaban J connectivity index is 0.827. The van der Waals surface area contributed by atoms with Gasteiger partial charge in [-0.1, -0.05) is 27.4 Å². The average molecular weight is 751 g/mol. The number of nitrogens with one attached hydrogen (secondary N) is 2. The topological polar surface area (TPSA) is 152 Å². The highest BCUT2D eigenvalue weighted by Gasteiger charge is 2.62. The van der Waals surface area contributed by atoms with E-state index in [2.05, 4.69) is 38.0 Å². The van der Waals surface area contributed by atoms with Gasteiger partial charge in [0.05, 0.1) is 12.2 Å². The number of aliphatic hydroxyl groups excluding tert-OH is 2. The second-order valence-electron chi connectivity index (χ2n) is 18.0. The quantitative estimate of drug-likeness (QED) is 0.139. The molecule has 0 radical (unpaired) electrons. The number of nitrogens with zero attached hydrogens (tertiary/aromatic N) is 2. The molecule has 4 amide bonds. The van der Waals surface area contributed by atoms with Gasteiger partial charge < -0.3 is 30.2 Å². The van der Waals surface area contributed by atoms with Crippen molar-refractivity contribution in [3.8, 4) is 0 Å². The molecule has 10 atom stereocenters. The van der Waals surface area contributed by atoms with Crippen LogP contribution < -0.4 is 15.5 Å². The third-order valence-corrected chi connectivity index (χ3v) is 15.0. The molecule has 300 valence electrons. The number of anilines is 1. The summed E-state index contributed by atoms with van der Waals surface area (Å²) < 4.78 is 5.83. The molecule has 11 heteroatoms. The molecule has 1 aromatic heterocycles. The third-order valence-electron chi connectivity index (χ3n) is 15.0. The van der Waals surface area contributed by atoms with Gasteiger partial charge in [0.1, 0.15) is 12.3 Å². The maximum Gasteiger partial charge on any atom is 0.248 e. The highest BCUT2D eigenvalue weighted by molar-refractivity contribution is 5.98. The Morgan fingerprint density at radius 2 is 1.65 bits per heavy atom. The van der Waals surface area contributed by atoms with E-state index in [9.17, 15) is 29.4 Å². The lowest BCUT2D eigenvalue weighted by atomic mass is 9.43. The van der Waals surface area contributed by atoms with Crippen LogP contribution in [0.2, 0.25) is 0 Å². The summed E-state index contributed by atoms with van der Waals surface area (Å²) in [4.78, 5) is 52.5. The van der Waals surface area contributed by atoms with E-state index in [1.54, 1.807) is 12.1 Å². The van der Waals surface area contributed by atoms with Crippen LogP contribution in [0.1, 0.15) is 116 Å². The number of amides is 4. The van der Waals surface area contributed by atoms with Crippen LogP contribution in [0.5, 0.6) is 0 Å². The van der Waals surface area contributed by atoms with Gasteiger partial charge in [-0.05, 0) is 136 Å². The van der Waals surface area contributed by atoms with Crippen molar-refractivity contribution < 1.29 is 33.8 Å². The van der Waals surface area contributed by atoms with Crippen LogP contribution in [0.4, 0.5) is 5.88 Å². The van der Waals surface area contributed by atoms with Gasteiger partial charge >= 0.3 is 0 Å². The van der Waals surface area contributed by atoms with Crippen molar-refractivity contribution in [2.75, 3.05) is 37.6 Å². The predicted octanol–water partition coefficient (Wildman–Crippen LogP) is 5.38. The van der Waals surface area contributed by atoms with Crippen LogP contribution in [0.25, 0.3) is 0 Å². The molecule has 0 spiro atoms. The van der Waals surface area contributed by atoms with Gasteiger partial charge in [0, 0.05) is 51.5 Å². The van der Waals surface area contributed by atoms with Crippen molar-refractivity contribution in [2.24, 2.45) is 46.3 Å². The first kappa shape index (κ1) is 40.5. The van der Waals surface area contributed by atoms with Crippen molar-refractivity contribution >= 4 is 29.5 Å². The zero-order valence-corrected chi connectivity index (χ0v) is 33.0. The van der Waals surface area contributed by atoms with Crippen LogP contribution >= 0.6 is 0 Å². The first-order valence-corrected chi connectivity index (χ1v) is 21.0. The van der Waals surface area contributed by atoms with Gasteiger partial charge in [-0.15, -0.1) is 0 Å². The van der Waals surface area contributed by atoms with E-state index in [1.807, 2.05) is 0 Å². The van der Waals surface area contributed by atoms with Crippen LogP contribution in [0.3, 0.4) is 0 Å². The minimum absolute atomic E-state index is 0.0155. The zero-order valence-electron chi connectivity index (χ0n) is 33.0. The molecule has 4 aliphatic carbocycles. The third kappa shape index (κ3) is 8.62. The fraction of sp³-hybridized carbons (Fsp3) is 0.767. The second-order valence-corrected chi connectivity index (χ2v) is 18.0. The molecule has 1 unspecified atom stereocenters. The normalized spacial score (nSPS) is 34.0. The lowest BCUT2D eigenvalue weighted by Crippen LogP contribution is -2.58. The maximum atomic E-state index is 12.8. The van der Waals surface area contributed by atoms with Crippen LogP contribution in [-0.2, 0) is 25.6 Å². The van der Waals surface area contributed by atoms with Gasteiger partial charge in [0.25, 0.3) is 0 Å². The average Bonchev–Trinajstić information content (AvgIpc) is 3.77. The molecular formula is C43H66N4O7. The molecule has 4 saturated carbocycles. The molecule has 1 saturated heterocycles. The number of rotatable bonds is 15. The summed E-state index contributed by atoms with van der Waals surface area (Å²) in [7, 11) is 0. The largest absolute Gasteiger partial charge is 0.445 e. The molecule has 2 heterocycles. The number of hydrogen-bond donors (Lipinski definition) is 4. The Bertz CT molecular complexity index is 1510.